The van der Waals surface area contributed by atoms with Crippen LogP contribution in [0.1, 0.15) is 10.6 Å². The molecule has 88 valence electrons. The summed E-state index contributed by atoms with van der Waals surface area (Å²) in [5.41, 5.74) is 1.40. The summed E-state index contributed by atoms with van der Waals surface area (Å²) in [4.78, 5) is 10.9. The van der Waals surface area contributed by atoms with Crippen LogP contribution in [0.2, 0.25) is 0 Å². The van der Waals surface area contributed by atoms with Crippen molar-refractivity contribution in [2.45, 2.75) is 4.90 Å². The molecule has 0 aliphatic carbocycles. The molecular formula is C12H10O4S. The number of carbonyl (C=O) groups is 1. The number of rotatable bonds is 3. The maximum atomic E-state index is 11.3. The van der Waals surface area contributed by atoms with Crippen LogP contribution < -0.4 is 0 Å². The zero-order valence-corrected chi connectivity index (χ0v) is 9.90. The molecule has 0 fully saturated rings. The van der Waals surface area contributed by atoms with E-state index in [-0.39, 0.29) is 10.7 Å². The first-order chi connectivity index (χ1) is 8.02. The van der Waals surface area contributed by atoms with Crippen LogP contribution in [-0.2, 0) is 9.84 Å². The molecule has 1 aromatic heterocycles. The normalized spacial score (nSPS) is 11.4. The standard InChI is InChI=1S/C12H10O4S/c1-17(14,15)10-4-2-9(3-5-10)11-6-7-16-12(11)8-13/h2-8H,1H3. The summed E-state index contributed by atoms with van der Waals surface area (Å²) in [5, 5.41) is 0. The largest absolute Gasteiger partial charge is 0.461 e. The fourth-order valence-corrected chi connectivity index (χ4v) is 2.16. The molecule has 1 aromatic carbocycles. The predicted molar refractivity (Wildman–Crippen MR) is 62.6 cm³/mol. The number of carbonyl (C=O) groups excluding carboxylic acids is 1. The molecule has 0 unspecified atom stereocenters. The van der Waals surface area contributed by atoms with Gasteiger partial charge in [0.15, 0.2) is 21.9 Å². The van der Waals surface area contributed by atoms with E-state index in [1.54, 1.807) is 18.2 Å². The van der Waals surface area contributed by atoms with Crippen molar-refractivity contribution in [2.24, 2.45) is 0 Å². The van der Waals surface area contributed by atoms with Gasteiger partial charge in [-0.05, 0) is 23.8 Å². The summed E-state index contributed by atoms with van der Waals surface area (Å²) in [6, 6.07) is 7.97. The molecular weight excluding hydrogens is 240 g/mol. The molecule has 0 radical (unpaired) electrons. The number of benzene rings is 1. The Balaban J connectivity index is 2.46. The van der Waals surface area contributed by atoms with Gasteiger partial charge in [-0.1, -0.05) is 12.1 Å². The van der Waals surface area contributed by atoms with Crippen molar-refractivity contribution in [3.8, 4) is 11.1 Å². The van der Waals surface area contributed by atoms with Crippen molar-refractivity contribution in [3.05, 3.63) is 42.4 Å². The summed E-state index contributed by atoms with van der Waals surface area (Å²) in [6.45, 7) is 0. The molecule has 2 aromatic rings. The second kappa shape index (κ2) is 4.18. The first-order valence-electron chi connectivity index (χ1n) is 4.85. The lowest BCUT2D eigenvalue weighted by Crippen LogP contribution is -1.96. The predicted octanol–water partition coefficient (Wildman–Crippen LogP) is 2.16. The third-order valence-electron chi connectivity index (χ3n) is 2.40. The molecule has 0 aliphatic rings. The molecule has 0 atom stereocenters. The lowest BCUT2D eigenvalue weighted by atomic mass is 10.1. The zero-order chi connectivity index (χ0) is 12.5. The Morgan fingerprint density at radius 1 is 1.12 bits per heavy atom. The van der Waals surface area contributed by atoms with Gasteiger partial charge in [0.05, 0.1) is 11.2 Å². The van der Waals surface area contributed by atoms with E-state index in [1.807, 2.05) is 0 Å². The average Bonchev–Trinajstić information content (AvgIpc) is 2.76. The average molecular weight is 250 g/mol. The highest BCUT2D eigenvalue weighted by Crippen LogP contribution is 2.24. The lowest BCUT2D eigenvalue weighted by Gasteiger charge is -2.01. The van der Waals surface area contributed by atoms with E-state index in [4.69, 9.17) is 4.42 Å². The molecule has 0 bridgehead atoms. The third kappa shape index (κ3) is 2.29. The van der Waals surface area contributed by atoms with Gasteiger partial charge in [-0.15, -0.1) is 0 Å². The van der Waals surface area contributed by atoms with Gasteiger partial charge in [-0.3, -0.25) is 4.79 Å². The molecule has 4 nitrogen and oxygen atoms in total. The van der Waals surface area contributed by atoms with Crippen LogP contribution in [0.15, 0.2) is 45.9 Å². The Morgan fingerprint density at radius 2 is 1.76 bits per heavy atom. The lowest BCUT2D eigenvalue weighted by molar-refractivity contribution is 0.110. The first-order valence-corrected chi connectivity index (χ1v) is 6.74. The quantitative estimate of drug-likeness (QED) is 0.783. The fourth-order valence-electron chi connectivity index (χ4n) is 1.53. The Kier molecular flexibility index (Phi) is 2.85. The zero-order valence-electron chi connectivity index (χ0n) is 9.08. The molecule has 2 rings (SSSR count). The van der Waals surface area contributed by atoms with E-state index in [2.05, 4.69) is 0 Å². The first kappa shape index (κ1) is 11.6. The van der Waals surface area contributed by atoms with E-state index in [9.17, 15) is 13.2 Å². The van der Waals surface area contributed by atoms with Gasteiger partial charge in [0, 0.05) is 11.8 Å². The van der Waals surface area contributed by atoms with Crippen LogP contribution in [0.3, 0.4) is 0 Å². The van der Waals surface area contributed by atoms with Gasteiger partial charge in [0.25, 0.3) is 0 Å². The molecule has 0 saturated carbocycles. The molecule has 1 heterocycles. The monoisotopic (exact) mass is 250 g/mol. The van der Waals surface area contributed by atoms with Crippen LogP contribution in [0, 0.1) is 0 Å². The van der Waals surface area contributed by atoms with Crippen molar-refractivity contribution in [3.63, 3.8) is 0 Å². The highest BCUT2D eigenvalue weighted by molar-refractivity contribution is 7.90. The van der Waals surface area contributed by atoms with Crippen molar-refractivity contribution >= 4 is 16.1 Å². The molecule has 5 heteroatoms. The number of sulfone groups is 1. The Labute approximate surface area is 98.8 Å². The van der Waals surface area contributed by atoms with Crippen LogP contribution in [-0.4, -0.2) is 21.0 Å². The topological polar surface area (TPSA) is 64.3 Å². The van der Waals surface area contributed by atoms with Gasteiger partial charge in [0.2, 0.25) is 0 Å². The second-order valence-corrected chi connectivity index (χ2v) is 5.63. The Bertz CT molecular complexity index is 635. The number of furan rings is 1. The Morgan fingerprint density at radius 3 is 2.29 bits per heavy atom. The molecule has 0 amide bonds. The Hall–Kier alpha value is -1.88. The van der Waals surface area contributed by atoms with Gasteiger partial charge >= 0.3 is 0 Å². The van der Waals surface area contributed by atoms with Gasteiger partial charge in [-0.25, -0.2) is 8.42 Å². The van der Waals surface area contributed by atoms with Crippen LogP contribution in [0.4, 0.5) is 0 Å². The molecule has 0 saturated heterocycles. The summed E-state index contributed by atoms with van der Waals surface area (Å²) in [5.74, 6) is 0.233. The molecule has 17 heavy (non-hydrogen) atoms. The number of hydrogen-bond acceptors (Lipinski definition) is 4. The number of aldehydes is 1. The van der Waals surface area contributed by atoms with Crippen LogP contribution >= 0.6 is 0 Å². The van der Waals surface area contributed by atoms with E-state index in [0.717, 1.165) is 11.8 Å². The minimum Gasteiger partial charge on any atom is -0.461 e. The number of hydrogen-bond donors (Lipinski definition) is 0. The van der Waals surface area contributed by atoms with Crippen molar-refractivity contribution in [2.75, 3.05) is 6.26 Å². The van der Waals surface area contributed by atoms with E-state index in [1.165, 1.54) is 18.4 Å². The summed E-state index contributed by atoms with van der Waals surface area (Å²) in [7, 11) is -3.20. The molecule has 0 spiro atoms. The van der Waals surface area contributed by atoms with Crippen LogP contribution in [0.5, 0.6) is 0 Å². The van der Waals surface area contributed by atoms with Crippen molar-refractivity contribution in [1.82, 2.24) is 0 Å². The maximum absolute atomic E-state index is 11.3. The molecule has 0 N–H and O–H groups in total. The third-order valence-corrected chi connectivity index (χ3v) is 3.52. The smallest absolute Gasteiger partial charge is 0.185 e. The van der Waals surface area contributed by atoms with Gasteiger partial charge in [0.1, 0.15) is 0 Å². The summed E-state index contributed by atoms with van der Waals surface area (Å²) < 4.78 is 27.5. The minimum atomic E-state index is -3.20. The SMILES string of the molecule is CS(=O)(=O)c1ccc(-c2ccoc2C=O)cc1. The van der Waals surface area contributed by atoms with Gasteiger partial charge < -0.3 is 4.42 Å². The fraction of sp³-hybridized carbons (Fsp3) is 0.0833. The maximum Gasteiger partial charge on any atom is 0.185 e. The summed E-state index contributed by atoms with van der Waals surface area (Å²) >= 11 is 0. The van der Waals surface area contributed by atoms with Gasteiger partial charge in [-0.2, -0.15) is 0 Å². The van der Waals surface area contributed by atoms with E-state index in [0.29, 0.717) is 11.8 Å². The van der Waals surface area contributed by atoms with E-state index >= 15 is 0 Å². The summed E-state index contributed by atoms with van der Waals surface area (Å²) in [6.07, 6.45) is 3.19. The van der Waals surface area contributed by atoms with Crippen LogP contribution in [0.25, 0.3) is 11.1 Å². The highest BCUT2D eigenvalue weighted by Gasteiger charge is 2.10. The highest BCUT2D eigenvalue weighted by atomic mass is 32.2. The molecule has 0 aliphatic heterocycles. The van der Waals surface area contributed by atoms with Crippen molar-refractivity contribution < 1.29 is 17.6 Å². The van der Waals surface area contributed by atoms with Crippen molar-refractivity contribution in [1.29, 1.82) is 0 Å². The minimum absolute atomic E-state index is 0.233. The van der Waals surface area contributed by atoms with E-state index < -0.39 is 9.84 Å². The second-order valence-electron chi connectivity index (χ2n) is 3.61.